The Kier molecular flexibility index (Phi) is 6.91. The van der Waals surface area contributed by atoms with Gasteiger partial charge in [0.25, 0.3) is 0 Å². The first-order valence-electron chi connectivity index (χ1n) is 8.09. The Morgan fingerprint density at radius 2 is 1.11 bits per heavy atom. The molecule has 2 aliphatic rings. The molecule has 2 rings (SSSR count). The van der Waals surface area contributed by atoms with E-state index < -0.39 is 0 Å². The Labute approximate surface area is 117 Å². The molecule has 0 radical (unpaired) electrons. The van der Waals surface area contributed by atoms with Crippen LogP contribution < -0.4 is 0 Å². The zero-order valence-corrected chi connectivity index (χ0v) is 12.2. The van der Waals surface area contributed by atoms with E-state index in [0.717, 1.165) is 37.2 Å². The molecule has 0 aromatic heterocycles. The summed E-state index contributed by atoms with van der Waals surface area (Å²) >= 11 is 0. The van der Waals surface area contributed by atoms with Crippen molar-refractivity contribution in [3.05, 3.63) is 23.7 Å². The van der Waals surface area contributed by atoms with E-state index in [9.17, 15) is 0 Å². The fourth-order valence-corrected chi connectivity index (χ4v) is 2.77. The minimum atomic E-state index is 0.400. The first-order valence-corrected chi connectivity index (χ1v) is 8.09. The van der Waals surface area contributed by atoms with Gasteiger partial charge in [-0.05, 0) is 50.7 Å². The smallest absolute Gasteiger partial charge is 0.229 e. The van der Waals surface area contributed by atoms with E-state index in [1.165, 1.54) is 51.4 Å². The molecule has 0 aliphatic heterocycles. The molecule has 0 bridgehead atoms. The highest BCUT2D eigenvalue weighted by Crippen LogP contribution is 2.20. The Morgan fingerprint density at radius 3 is 1.63 bits per heavy atom. The van der Waals surface area contributed by atoms with Crippen molar-refractivity contribution in [3.8, 4) is 0 Å². The van der Waals surface area contributed by atoms with Crippen molar-refractivity contribution >= 4 is 0 Å². The van der Waals surface area contributed by atoms with Gasteiger partial charge >= 0.3 is 0 Å². The number of allylic oxidation sites excluding steroid dienone is 4. The summed E-state index contributed by atoms with van der Waals surface area (Å²) in [5.41, 5.74) is 0. The van der Waals surface area contributed by atoms with E-state index in [1.54, 1.807) is 0 Å². The molecule has 19 heavy (non-hydrogen) atoms. The molecule has 0 fully saturated rings. The number of hydrogen-bond donors (Lipinski definition) is 0. The Hall–Kier alpha value is -0.920. The molecule has 108 valence electrons. The van der Waals surface area contributed by atoms with Gasteiger partial charge in [-0.2, -0.15) is 0 Å². The standard InChI is InChI=1S/C17H28O2/c1-3-7-11-16(12-8-4-1)18-15-19-17-13-9-5-2-6-10-14-17/h11,13H,1-10,12,14-15H2. The van der Waals surface area contributed by atoms with Crippen LogP contribution in [0.4, 0.5) is 0 Å². The number of hydrogen-bond acceptors (Lipinski definition) is 2. The molecule has 0 atom stereocenters. The second-order valence-electron chi connectivity index (χ2n) is 5.65. The predicted molar refractivity (Wildman–Crippen MR) is 78.6 cm³/mol. The van der Waals surface area contributed by atoms with Crippen molar-refractivity contribution in [2.24, 2.45) is 0 Å². The van der Waals surface area contributed by atoms with Gasteiger partial charge < -0.3 is 9.47 Å². The van der Waals surface area contributed by atoms with Crippen molar-refractivity contribution in [1.29, 1.82) is 0 Å². The lowest BCUT2D eigenvalue weighted by Gasteiger charge is -2.16. The molecular formula is C17H28O2. The minimum absolute atomic E-state index is 0.400. The Balaban J connectivity index is 1.69. The first kappa shape index (κ1) is 14.5. The van der Waals surface area contributed by atoms with Gasteiger partial charge in [-0.15, -0.1) is 0 Å². The summed E-state index contributed by atoms with van der Waals surface area (Å²) < 4.78 is 11.6. The molecule has 2 nitrogen and oxygen atoms in total. The SMILES string of the molecule is C1=C(OCOC2=CCCCCCC2)CCCCCC1. The van der Waals surface area contributed by atoms with Crippen LogP contribution in [0.5, 0.6) is 0 Å². The summed E-state index contributed by atoms with van der Waals surface area (Å²) in [6.45, 7) is 0.400. The second kappa shape index (κ2) is 9.06. The van der Waals surface area contributed by atoms with E-state index in [-0.39, 0.29) is 0 Å². The summed E-state index contributed by atoms with van der Waals surface area (Å²) in [5, 5.41) is 0. The predicted octanol–water partition coefficient (Wildman–Crippen LogP) is 5.45. The molecule has 0 unspecified atom stereocenters. The number of ether oxygens (including phenoxy) is 2. The lowest BCUT2D eigenvalue weighted by molar-refractivity contribution is 0.00563. The Morgan fingerprint density at radius 1 is 0.632 bits per heavy atom. The van der Waals surface area contributed by atoms with Crippen molar-refractivity contribution in [3.63, 3.8) is 0 Å². The first-order chi connectivity index (χ1) is 9.45. The quantitative estimate of drug-likeness (QED) is 0.628. The van der Waals surface area contributed by atoms with E-state index in [0.29, 0.717) is 6.79 Å². The minimum Gasteiger partial charge on any atom is -0.462 e. The average molecular weight is 264 g/mol. The lowest BCUT2D eigenvalue weighted by atomic mass is 10.1. The molecule has 2 aliphatic carbocycles. The third kappa shape index (κ3) is 6.17. The van der Waals surface area contributed by atoms with Crippen LogP contribution in [0.1, 0.15) is 77.0 Å². The van der Waals surface area contributed by atoms with Crippen LogP contribution in [0, 0.1) is 0 Å². The van der Waals surface area contributed by atoms with Crippen molar-refractivity contribution in [1.82, 2.24) is 0 Å². The van der Waals surface area contributed by atoms with Gasteiger partial charge in [-0.3, -0.25) is 0 Å². The van der Waals surface area contributed by atoms with Gasteiger partial charge in [0.15, 0.2) is 0 Å². The molecular weight excluding hydrogens is 236 g/mol. The summed E-state index contributed by atoms with van der Waals surface area (Å²) in [6.07, 6.45) is 19.6. The van der Waals surface area contributed by atoms with Crippen LogP contribution in [0.15, 0.2) is 23.7 Å². The molecule has 0 amide bonds. The van der Waals surface area contributed by atoms with Gasteiger partial charge in [0.1, 0.15) is 0 Å². The molecule has 0 aromatic rings. The van der Waals surface area contributed by atoms with Crippen LogP contribution in [0.25, 0.3) is 0 Å². The topological polar surface area (TPSA) is 18.5 Å². The van der Waals surface area contributed by atoms with E-state index in [1.807, 2.05) is 0 Å². The van der Waals surface area contributed by atoms with Gasteiger partial charge in [-0.1, -0.05) is 25.7 Å². The van der Waals surface area contributed by atoms with E-state index >= 15 is 0 Å². The van der Waals surface area contributed by atoms with Gasteiger partial charge in [0.05, 0.1) is 11.5 Å². The summed E-state index contributed by atoms with van der Waals surface area (Å²) in [5.74, 6) is 2.29. The molecule has 0 N–H and O–H groups in total. The lowest BCUT2D eigenvalue weighted by Crippen LogP contribution is -2.03. The molecule has 0 saturated heterocycles. The van der Waals surface area contributed by atoms with E-state index in [4.69, 9.17) is 9.47 Å². The monoisotopic (exact) mass is 264 g/mol. The van der Waals surface area contributed by atoms with Gasteiger partial charge in [-0.25, -0.2) is 0 Å². The Bertz CT molecular complexity index is 274. The maximum atomic E-state index is 5.79. The normalized spacial score (nSPS) is 22.1. The highest BCUT2D eigenvalue weighted by molar-refractivity contribution is 4.96. The zero-order chi connectivity index (χ0) is 13.2. The molecule has 0 saturated carbocycles. The van der Waals surface area contributed by atoms with E-state index in [2.05, 4.69) is 12.2 Å². The zero-order valence-electron chi connectivity index (χ0n) is 12.2. The van der Waals surface area contributed by atoms with Crippen LogP contribution in [-0.4, -0.2) is 6.79 Å². The highest BCUT2D eigenvalue weighted by Gasteiger charge is 2.05. The fraction of sp³-hybridized carbons (Fsp3) is 0.765. The highest BCUT2D eigenvalue weighted by atomic mass is 16.7. The molecule has 0 spiro atoms. The van der Waals surface area contributed by atoms with Gasteiger partial charge in [0.2, 0.25) is 6.79 Å². The van der Waals surface area contributed by atoms with Crippen molar-refractivity contribution in [2.75, 3.05) is 6.79 Å². The number of rotatable bonds is 4. The van der Waals surface area contributed by atoms with Crippen LogP contribution >= 0.6 is 0 Å². The van der Waals surface area contributed by atoms with Crippen molar-refractivity contribution in [2.45, 2.75) is 77.0 Å². The third-order valence-electron chi connectivity index (χ3n) is 3.99. The van der Waals surface area contributed by atoms with Crippen molar-refractivity contribution < 1.29 is 9.47 Å². The summed E-state index contributed by atoms with van der Waals surface area (Å²) in [6, 6.07) is 0. The second-order valence-corrected chi connectivity index (χ2v) is 5.65. The molecule has 2 heteroatoms. The maximum Gasteiger partial charge on any atom is 0.229 e. The van der Waals surface area contributed by atoms with Gasteiger partial charge in [0, 0.05) is 12.8 Å². The molecule has 0 heterocycles. The summed E-state index contributed by atoms with van der Waals surface area (Å²) in [7, 11) is 0. The van der Waals surface area contributed by atoms with Crippen LogP contribution in [0.2, 0.25) is 0 Å². The van der Waals surface area contributed by atoms with Crippen LogP contribution in [0.3, 0.4) is 0 Å². The maximum absolute atomic E-state index is 5.79. The van der Waals surface area contributed by atoms with Crippen LogP contribution in [-0.2, 0) is 9.47 Å². The average Bonchev–Trinajstić information content (AvgIpc) is 2.33. The fourth-order valence-electron chi connectivity index (χ4n) is 2.77. The third-order valence-corrected chi connectivity index (χ3v) is 3.99. The summed E-state index contributed by atoms with van der Waals surface area (Å²) in [4.78, 5) is 0. The largest absolute Gasteiger partial charge is 0.462 e. The molecule has 0 aromatic carbocycles.